The lowest BCUT2D eigenvalue weighted by molar-refractivity contribution is -0.121. The van der Waals surface area contributed by atoms with E-state index in [1.807, 2.05) is 13.8 Å². The first-order valence-electron chi connectivity index (χ1n) is 6.73. The molecule has 106 valence electrons. The van der Waals surface area contributed by atoms with Gasteiger partial charge in [-0.3, -0.25) is 4.79 Å². The second-order valence-electron chi connectivity index (χ2n) is 4.86. The highest BCUT2D eigenvalue weighted by molar-refractivity contribution is 5.76. The van der Waals surface area contributed by atoms with Crippen molar-refractivity contribution in [2.45, 2.75) is 45.1 Å². The standard InChI is InChI=1S/C15H22FNO2/c1-3-14(18)8-9-17-15(19)10-11(2)12-4-6-13(16)7-5-12/h4-7,11,14,18H,3,8-10H2,1-2H3,(H,17,19). The molecule has 2 unspecified atom stereocenters. The van der Waals surface area contributed by atoms with Gasteiger partial charge < -0.3 is 10.4 Å². The van der Waals surface area contributed by atoms with Gasteiger partial charge in [-0.1, -0.05) is 26.0 Å². The molecule has 2 N–H and O–H groups in total. The van der Waals surface area contributed by atoms with Crippen LogP contribution in [0.4, 0.5) is 4.39 Å². The topological polar surface area (TPSA) is 49.3 Å². The maximum atomic E-state index is 12.8. The SMILES string of the molecule is CCC(O)CCNC(=O)CC(C)c1ccc(F)cc1. The van der Waals surface area contributed by atoms with Crippen LogP contribution in [-0.2, 0) is 4.79 Å². The largest absolute Gasteiger partial charge is 0.393 e. The van der Waals surface area contributed by atoms with Crippen molar-refractivity contribution >= 4 is 5.91 Å². The molecule has 19 heavy (non-hydrogen) atoms. The monoisotopic (exact) mass is 267 g/mol. The van der Waals surface area contributed by atoms with Crippen LogP contribution in [-0.4, -0.2) is 23.7 Å². The number of halogens is 1. The molecule has 1 rings (SSSR count). The summed E-state index contributed by atoms with van der Waals surface area (Å²) in [6.07, 6.45) is 1.29. The van der Waals surface area contributed by atoms with Gasteiger partial charge in [0.15, 0.2) is 0 Å². The number of hydrogen-bond acceptors (Lipinski definition) is 2. The molecule has 0 spiro atoms. The summed E-state index contributed by atoms with van der Waals surface area (Å²) in [5, 5.41) is 12.2. The Morgan fingerprint density at radius 3 is 2.58 bits per heavy atom. The number of nitrogens with one attached hydrogen (secondary N) is 1. The Morgan fingerprint density at radius 1 is 1.37 bits per heavy atom. The molecular formula is C15H22FNO2. The minimum Gasteiger partial charge on any atom is -0.393 e. The van der Waals surface area contributed by atoms with Crippen LogP contribution in [0.2, 0.25) is 0 Å². The van der Waals surface area contributed by atoms with Gasteiger partial charge in [0.1, 0.15) is 5.82 Å². The number of amides is 1. The molecule has 0 radical (unpaired) electrons. The second-order valence-corrected chi connectivity index (χ2v) is 4.86. The first-order valence-corrected chi connectivity index (χ1v) is 6.73. The minimum atomic E-state index is -0.352. The summed E-state index contributed by atoms with van der Waals surface area (Å²) in [5.74, 6) is -0.259. The van der Waals surface area contributed by atoms with E-state index < -0.39 is 0 Å². The number of hydrogen-bond donors (Lipinski definition) is 2. The van der Waals surface area contributed by atoms with Gasteiger partial charge in [-0.2, -0.15) is 0 Å². The molecule has 2 atom stereocenters. The van der Waals surface area contributed by atoms with E-state index in [0.29, 0.717) is 25.8 Å². The molecule has 0 saturated heterocycles. The molecule has 0 heterocycles. The molecule has 0 saturated carbocycles. The maximum absolute atomic E-state index is 12.8. The molecule has 0 aliphatic carbocycles. The summed E-state index contributed by atoms with van der Waals surface area (Å²) in [6, 6.07) is 6.21. The van der Waals surface area contributed by atoms with Crippen LogP contribution in [0, 0.1) is 5.82 Å². The van der Waals surface area contributed by atoms with E-state index in [4.69, 9.17) is 0 Å². The average molecular weight is 267 g/mol. The Labute approximate surface area is 113 Å². The predicted octanol–water partition coefficient (Wildman–Crippen LogP) is 2.60. The molecule has 1 aromatic carbocycles. The summed E-state index contributed by atoms with van der Waals surface area (Å²) < 4.78 is 12.8. The lowest BCUT2D eigenvalue weighted by Gasteiger charge is -2.13. The van der Waals surface area contributed by atoms with Crippen LogP contribution in [0.3, 0.4) is 0 Å². The van der Waals surface area contributed by atoms with E-state index in [1.54, 1.807) is 12.1 Å². The molecule has 0 fully saturated rings. The fourth-order valence-electron chi connectivity index (χ4n) is 1.84. The van der Waals surface area contributed by atoms with Crippen LogP contribution in [0.25, 0.3) is 0 Å². The molecule has 0 aliphatic rings. The third kappa shape index (κ3) is 5.83. The molecule has 1 amide bonds. The number of aliphatic hydroxyl groups is 1. The summed E-state index contributed by atoms with van der Waals surface area (Å²) in [4.78, 5) is 11.7. The van der Waals surface area contributed by atoms with E-state index in [0.717, 1.165) is 5.56 Å². The first-order chi connectivity index (χ1) is 9.02. The summed E-state index contributed by atoms with van der Waals surface area (Å²) in [6.45, 7) is 4.33. The molecule has 0 bridgehead atoms. The maximum Gasteiger partial charge on any atom is 0.220 e. The molecule has 0 aromatic heterocycles. The van der Waals surface area contributed by atoms with Crippen LogP contribution in [0.15, 0.2) is 24.3 Å². The molecule has 1 aromatic rings. The van der Waals surface area contributed by atoms with Crippen LogP contribution in [0.1, 0.15) is 44.6 Å². The quantitative estimate of drug-likeness (QED) is 0.797. The highest BCUT2D eigenvalue weighted by atomic mass is 19.1. The fraction of sp³-hybridized carbons (Fsp3) is 0.533. The zero-order chi connectivity index (χ0) is 14.3. The van der Waals surface area contributed by atoms with Gasteiger partial charge in [-0.25, -0.2) is 4.39 Å². The van der Waals surface area contributed by atoms with Gasteiger partial charge in [-0.05, 0) is 36.5 Å². The van der Waals surface area contributed by atoms with Crippen LogP contribution in [0.5, 0.6) is 0 Å². The van der Waals surface area contributed by atoms with Crippen molar-refractivity contribution in [3.05, 3.63) is 35.6 Å². The number of carbonyl (C=O) groups is 1. The first kappa shape index (κ1) is 15.6. The molecule has 0 aliphatic heterocycles. The Hall–Kier alpha value is -1.42. The lowest BCUT2D eigenvalue weighted by atomic mass is 9.97. The van der Waals surface area contributed by atoms with Gasteiger partial charge in [0, 0.05) is 13.0 Å². The van der Waals surface area contributed by atoms with E-state index in [2.05, 4.69) is 5.32 Å². The zero-order valence-corrected chi connectivity index (χ0v) is 11.5. The number of rotatable bonds is 7. The minimum absolute atomic E-state index is 0.0415. The Balaban J connectivity index is 2.33. The Bertz CT molecular complexity index is 392. The van der Waals surface area contributed by atoms with Crippen molar-refractivity contribution < 1.29 is 14.3 Å². The van der Waals surface area contributed by atoms with E-state index in [9.17, 15) is 14.3 Å². The Morgan fingerprint density at radius 2 is 2.00 bits per heavy atom. The zero-order valence-electron chi connectivity index (χ0n) is 11.5. The summed E-state index contributed by atoms with van der Waals surface area (Å²) in [7, 11) is 0. The Kier molecular flexibility index (Phi) is 6.50. The average Bonchev–Trinajstić information content (AvgIpc) is 2.39. The molecule has 4 heteroatoms. The highest BCUT2D eigenvalue weighted by Crippen LogP contribution is 2.18. The third-order valence-corrected chi connectivity index (χ3v) is 3.20. The second kappa shape index (κ2) is 7.89. The smallest absolute Gasteiger partial charge is 0.220 e. The van der Waals surface area contributed by atoms with Crippen molar-refractivity contribution in [1.29, 1.82) is 0 Å². The van der Waals surface area contributed by atoms with Crippen LogP contribution < -0.4 is 5.32 Å². The summed E-state index contributed by atoms with van der Waals surface area (Å²) >= 11 is 0. The third-order valence-electron chi connectivity index (χ3n) is 3.20. The van der Waals surface area contributed by atoms with Gasteiger partial charge in [0.25, 0.3) is 0 Å². The van der Waals surface area contributed by atoms with E-state index in [1.165, 1.54) is 12.1 Å². The predicted molar refractivity (Wildman–Crippen MR) is 73.4 cm³/mol. The van der Waals surface area contributed by atoms with Gasteiger partial charge in [0.2, 0.25) is 5.91 Å². The van der Waals surface area contributed by atoms with Crippen molar-refractivity contribution in [2.75, 3.05) is 6.54 Å². The summed E-state index contributed by atoms with van der Waals surface area (Å²) in [5.41, 5.74) is 0.949. The normalized spacial score (nSPS) is 13.9. The fourth-order valence-corrected chi connectivity index (χ4v) is 1.84. The van der Waals surface area contributed by atoms with Gasteiger partial charge >= 0.3 is 0 Å². The lowest BCUT2D eigenvalue weighted by Crippen LogP contribution is -2.27. The van der Waals surface area contributed by atoms with E-state index in [-0.39, 0.29) is 23.7 Å². The highest BCUT2D eigenvalue weighted by Gasteiger charge is 2.11. The van der Waals surface area contributed by atoms with Crippen molar-refractivity contribution in [2.24, 2.45) is 0 Å². The van der Waals surface area contributed by atoms with Crippen molar-refractivity contribution in [1.82, 2.24) is 5.32 Å². The molecule has 3 nitrogen and oxygen atoms in total. The number of carbonyl (C=O) groups excluding carboxylic acids is 1. The van der Waals surface area contributed by atoms with Crippen LogP contribution >= 0.6 is 0 Å². The van der Waals surface area contributed by atoms with Crippen molar-refractivity contribution in [3.8, 4) is 0 Å². The van der Waals surface area contributed by atoms with Gasteiger partial charge in [0.05, 0.1) is 6.10 Å². The molecular weight excluding hydrogens is 245 g/mol. The number of benzene rings is 1. The van der Waals surface area contributed by atoms with Crippen molar-refractivity contribution in [3.63, 3.8) is 0 Å². The van der Waals surface area contributed by atoms with Gasteiger partial charge in [-0.15, -0.1) is 0 Å². The number of aliphatic hydroxyl groups excluding tert-OH is 1. The van der Waals surface area contributed by atoms with E-state index >= 15 is 0 Å².